The van der Waals surface area contributed by atoms with E-state index in [0.29, 0.717) is 13.0 Å². The lowest BCUT2D eigenvalue weighted by atomic mass is 10.1. The van der Waals surface area contributed by atoms with Gasteiger partial charge in [0.1, 0.15) is 0 Å². The summed E-state index contributed by atoms with van der Waals surface area (Å²) >= 11 is 3.34. The molecule has 5 heteroatoms. The summed E-state index contributed by atoms with van der Waals surface area (Å²) in [5, 5.41) is 9.37. The molecule has 0 aliphatic heterocycles. The molecule has 0 spiro atoms. The van der Waals surface area contributed by atoms with E-state index in [1.54, 1.807) is 22.7 Å². The summed E-state index contributed by atoms with van der Waals surface area (Å²) in [4.78, 5) is 15.6. The van der Waals surface area contributed by atoms with Crippen LogP contribution in [0.2, 0.25) is 0 Å². The summed E-state index contributed by atoms with van der Waals surface area (Å²) in [6.07, 6.45) is 0.478. The van der Waals surface area contributed by atoms with Crippen LogP contribution < -0.4 is 5.32 Å². The molecule has 0 saturated heterocycles. The minimum atomic E-state index is 0.102. The third-order valence-corrected chi connectivity index (χ3v) is 5.17. The Balaban J connectivity index is 1.94. The number of carbonyl (C=O) groups excluding carboxylic acids is 1. The lowest BCUT2D eigenvalue weighted by Crippen LogP contribution is -2.38. The van der Waals surface area contributed by atoms with E-state index in [4.69, 9.17) is 0 Å². The zero-order valence-electron chi connectivity index (χ0n) is 12.5. The maximum atomic E-state index is 12.1. The van der Waals surface area contributed by atoms with Gasteiger partial charge in [0.2, 0.25) is 5.91 Å². The van der Waals surface area contributed by atoms with Crippen molar-refractivity contribution in [3.8, 4) is 0 Å². The molecule has 2 rings (SSSR count). The van der Waals surface area contributed by atoms with Crippen LogP contribution in [0, 0.1) is 0 Å². The van der Waals surface area contributed by atoms with Gasteiger partial charge >= 0.3 is 0 Å². The molecule has 0 radical (unpaired) electrons. The summed E-state index contributed by atoms with van der Waals surface area (Å²) in [7, 11) is 0. The second kappa shape index (κ2) is 8.32. The SMILES string of the molecule is CCN(CC)[C@@H](CNC(=O)Cc1cccs1)c1ccsc1. The van der Waals surface area contributed by atoms with E-state index >= 15 is 0 Å². The smallest absolute Gasteiger partial charge is 0.225 e. The number of rotatable bonds is 8. The molecule has 0 aliphatic carbocycles. The van der Waals surface area contributed by atoms with Crippen molar-refractivity contribution >= 4 is 28.6 Å². The number of hydrogen-bond donors (Lipinski definition) is 1. The average molecular weight is 322 g/mol. The maximum Gasteiger partial charge on any atom is 0.225 e. The Labute approximate surface area is 134 Å². The van der Waals surface area contributed by atoms with Crippen molar-refractivity contribution in [3.63, 3.8) is 0 Å². The van der Waals surface area contributed by atoms with Crippen molar-refractivity contribution < 1.29 is 4.79 Å². The Hall–Kier alpha value is -1.17. The number of nitrogens with zero attached hydrogens (tertiary/aromatic N) is 1. The van der Waals surface area contributed by atoms with Crippen molar-refractivity contribution in [2.24, 2.45) is 0 Å². The predicted molar refractivity (Wildman–Crippen MR) is 91.0 cm³/mol. The molecule has 2 aromatic heterocycles. The van der Waals surface area contributed by atoms with Gasteiger partial charge in [-0.15, -0.1) is 11.3 Å². The largest absolute Gasteiger partial charge is 0.354 e. The highest BCUT2D eigenvalue weighted by Gasteiger charge is 2.19. The molecule has 1 atom stereocenters. The minimum absolute atomic E-state index is 0.102. The van der Waals surface area contributed by atoms with Crippen LogP contribution in [-0.4, -0.2) is 30.4 Å². The van der Waals surface area contributed by atoms with Crippen LogP contribution in [0.5, 0.6) is 0 Å². The van der Waals surface area contributed by atoms with Crippen LogP contribution in [-0.2, 0) is 11.2 Å². The van der Waals surface area contributed by atoms with Gasteiger partial charge in [-0.1, -0.05) is 19.9 Å². The van der Waals surface area contributed by atoms with E-state index in [0.717, 1.165) is 18.0 Å². The zero-order valence-corrected chi connectivity index (χ0v) is 14.2. The van der Waals surface area contributed by atoms with Crippen LogP contribution in [0.3, 0.4) is 0 Å². The Morgan fingerprint density at radius 1 is 1.29 bits per heavy atom. The Kier molecular flexibility index (Phi) is 6.42. The van der Waals surface area contributed by atoms with Crippen molar-refractivity contribution in [3.05, 3.63) is 44.8 Å². The van der Waals surface area contributed by atoms with Crippen LogP contribution in [0.25, 0.3) is 0 Å². The first-order valence-electron chi connectivity index (χ1n) is 7.29. The molecular formula is C16H22N2OS2. The molecule has 3 nitrogen and oxygen atoms in total. The average Bonchev–Trinajstić information content (AvgIpc) is 3.16. The Morgan fingerprint density at radius 2 is 2.10 bits per heavy atom. The van der Waals surface area contributed by atoms with Gasteiger partial charge < -0.3 is 5.32 Å². The number of amides is 1. The third kappa shape index (κ3) is 4.66. The van der Waals surface area contributed by atoms with E-state index < -0.39 is 0 Å². The number of hydrogen-bond acceptors (Lipinski definition) is 4. The fraction of sp³-hybridized carbons (Fsp3) is 0.438. The molecule has 21 heavy (non-hydrogen) atoms. The third-order valence-electron chi connectivity index (χ3n) is 3.59. The monoisotopic (exact) mass is 322 g/mol. The summed E-state index contributed by atoms with van der Waals surface area (Å²) in [5.41, 5.74) is 1.29. The molecule has 2 aromatic rings. The number of likely N-dealkylation sites (N-methyl/N-ethyl adjacent to an activating group) is 1. The highest BCUT2D eigenvalue weighted by molar-refractivity contribution is 7.10. The van der Waals surface area contributed by atoms with Crippen LogP contribution in [0.15, 0.2) is 34.3 Å². The quantitative estimate of drug-likeness (QED) is 0.806. The summed E-state index contributed by atoms with van der Waals surface area (Å²) in [5.74, 6) is 0.102. The van der Waals surface area contributed by atoms with Gasteiger partial charge in [-0.05, 0) is 46.9 Å². The lowest BCUT2D eigenvalue weighted by molar-refractivity contribution is -0.120. The van der Waals surface area contributed by atoms with E-state index in [1.165, 1.54) is 5.56 Å². The normalized spacial score (nSPS) is 12.5. The maximum absolute atomic E-state index is 12.1. The van der Waals surface area contributed by atoms with Gasteiger partial charge in [0, 0.05) is 11.4 Å². The number of carbonyl (C=O) groups is 1. The molecular weight excluding hydrogens is 300 g/mol. The van der Waals surface area contributed by atoms with Crippen molar-refractivity contribution in [2.45, 2.75) is 26.3 Å². The second-order valence-corrected chi connectivity index (χ2v) is 6.67. The molecule has 0 saturated carbocycles. The predicted octanol–water partition coefficient (Wildman–Crippen LogP) is 3.55. The molecule has 1 amide bonds. The molecule has 114 valence electrons. The van der Waals surface area contributed by atoms with E-state index in [1.807, 2.05) is 17.5 Å². The first kappa shape index (κ1) is 16.2. The second-order valence-electron chi connectivity index (χ2n) is 4.85. The van der Waals surface area contributed by atoms with Gasteiger partial charge in [-0.2, -0.15) is 11.3 Å². The van der Waals surface area contributed by atoms with Crippen molar-refractivity contribution in [1.29, 1.82) is 0 Å². The molecule has 2 heterocycles. The topological polar surface area (TPSA) is 32.3 Å². The zero-order chi connectivity index (χ0) is 15.1. The number of thiophene rings is 2. The highest BCUT2D eigenvalue weighted by atomic mass is 32.1. The van der Waals surface area contributed by atoms with Crippen molar-refractivity contribution in [2.75, 3.05) is 19.6 Å². The van der Waals surface area contributed by atoms with Gasteiger partial charge in [0.15, 0.2) is 0 Å². The summed E-state index contributed by atoms with van der Waals surface area (Å²) in [6, 6.07) is 6.40. The molecule has 0 fully saturated rings. The summed E-state index contributed by atoms with van der Waals surface area (Å²) < 4.78 is 0. The van der Waals surface area contributed by atoms with E-state index in [-0.39, 0.29) is 11.9 Å². The Morgan fingerprint density at radius 3 is 2.67 bits per heavy atom. The molecule has 0 aliphatic rings. The highest BCUT2D eigenvalue weighted by Crippen LogP contribution is 2.22. The molecule has 0 bridgehead atoms. The minimum Gasteiger partial charge on any atom is -0.354 e. The van der Waals surface area contributed by atoms with Crippen LogP contribution in [0.1, 0.15) is 30.3 Å². The Bertz CT molecular complexity index is 518. The first-order chi connectivity index (χ1) is 10.2. The molecule has 0 aromatic carbocycles. The summed E-state index contributed by atoms with van der Waals surface area (Å²) in [6.45, 7) is 6.96. The molecule has 1 N–H and O–H groups in total. The lowest BCUT2D eigenvalue weighted by Gasteiger charge is -2.29. The van der Waals surface area contributed by atoms with Gasteiger partial charge in [-0.3, -0.25) is 9.69 Å². The van der Waals surface area contributed by atoms with Gasteiger partial charge in [0.05, 0.1) is 12.5 Å². The van der Waals surface area contributed by atoms with Crippen LogP contribution in [0.4, 0.5) is 0 Å². The standard InChI is InChI=1S/C16H22N2OS2/c1-3-18(4-2)15(13-7-9-20-12-13)11-17-16(19)10-14-6-5-8-21-14/h5-9,12,15H,3-4,10-11H2,1-2H3,(H,17,19)/t15-/m0/s1. The van der Waals surface area contributed by atoms with E-state index in [9.17, 15) is 4.79 Å². The van der Waals surface area contributed by atoms with E-state index in [2.05, 4.69) is 40.9 Å². The van der Waals surface area contributed by atoms with Crippen LogP contribution >= 0.6 is 22.7 Å². The fourth-order valence-corrected chi connectivity index (χ4v) is 3.84. The van der Waals surface area contributed by atoms with Crippen molar-refractivity contribution in [1.82, 2.24) is 10.2 Å². The molecule has 0 unspecified atom stereocenters. The number of nitrogens with one attached hydrogen (secondary N) is 1. The van der Waals surface area contributed by atoms with Gasteiger partial charge in [0.25, 0.3) is 0 Å². The first-order valence-corrected chi connectivity index (χ1v) is 9.12. The fourth-order valence-electron chi connectivity index (χ4n) is 2.43. The van der Waals surface area contributed by atoms with Gasteiger partial charge in [-0.25, -0.2) is 0 Å².